The Morgan fingerprint density at radius 2 is 2.11 bits per heavy atom. The molecule has 0 saturated carbocycles. The predicted octanol–water partition coefficient (Wildman–Crippen LogP) is 2.76. The maximum absolute atomic E-state index is 5.90. The highest BCUT2D eigenvalue weighted by atomic mass is 35.5. The van der Waals surface area contributed by atoms with E-state index in [0.717, 1.165) is 0 Å². The van der Waals surface area contributed by atoms with Crippen LogP contribution in [0, 0.1) is 0 Å². The van der Waals surface area contributed by atoms with Gasteiger partial charge >= 0.3 is 0 Å². The molecule has 2 heterocycles. The van der Waals surface area contributed by atoms with Crippen LogP contribution in [0.1, 0.15) is 0 Å². The first-order valence-electron chi connectivity index (χ1n) is 5.27. The average molecular weight is 261 g/mol. The van der Waals surface area contributed by atoms with Crippen LogP contribution < -0.4 is 10.5 Å². The van der Waals surface area contributed by atoms with Crippen molar-refractivity contribution in [3.8, 4) is 11.5 Å². The maximum Gasteiger partial charge on any atom is 0.240 e. The minimum atomic E-state index is 0.206. The average Bonchev–Trinajstić information content (AvgIpc) is 2.71. The van der Waals surface area contributed by atoms with Gasteiger partial charge in [-0.15, -0.1) is 5.10 Å². The number of halogens is 1. The van der Waals surface area contributed by atoms with Gasteiger partial charge in [-0.05, 0) is 30.3 Å². The van der Waals surface area contributed by atoms with Crippen molar-refractivity contribution in [1.82, 2.24) is 14.6 Å². The molecule has 0 amide bonds. The minimum Gasteiger partial charge on any atom is -0.453 e. The first kappa shape index (κ1) is 10.9. The highest BCUT2D eigenvalue weighted by Crippen LogP contribution is 2.26. The zero-order chi connectivity index (χ0) is 12.5. The number of fused-ring (bicyclic) bond motifs is 1. The Hall–Kier alpha value is -2.27. The second kappa shape index (κ2) is 4.19. The van der Waals surface area contributed by atoms with Crippen molar-refractivity contribution >= 4 is 23.2 Å². The number of nitrogens with two attached hydrogens (primary N) is 1. The molecule has 0 aliphatic heterocycles. The number of anilines is 1. The third kappa shape index (κ3) is 1.96. The van der Waals surface area contributed by atoms with Gasteiger partial charge in [0, 0.05) is 11.2 Å². The van der Waals surface area contributed by atoms with E-state index in [1.807, 2.05) is 12.1 Å². The van der Waals surface area contributed by atoms with Gasteiger partial charge in [-0.25, -0.2) is 4.52 Å². The molecule has 0 atom stereocenters. The summed E-state index contributed by atoms with van der Waals surface area (Å²) in [5.74, 6) is 1.42. The fourth-order valence-corrected chi connectivity index (χ4v) is 1.82. The molecule has 0 fully saturated rings. The van der Waals surface area contributed by atoms with Crippen molar-refractivity contribution in [3.05, 3.63) is 47.6 Å². The summed E-state index contributed by atoms with van der Waals surface area (Å²) in [7, 11) is 0. The molecule has 0 unspecified atom stereocenters. The molecular formula is C12H9ClN4O. The third-order valence-corrected chi connectivity index (χ3v) is 2.60. The molecule has 6 heteroatoms. The summed E-state index contributed by atoms with van der Waals surface area (Å²) >= 11 is 5.90. The van der Waals surface area contributed by atoms with Crippen LogP contribution in [0.4, 0.5) is 5.95 Å². The third-order valence-electron chi connectivity index (χ3n) is 2.37. The van der Waals surface area contributed by atoms with Crippen molar-refractivity contribution in [3.63, 3.8) is 0 Å². The summed E-state index contributed by atoms with van der Waals surface area (Å²) in [6.45, 7) is 0. The molecule has 5 nitrogen and oxygen atoms in total. The summed E-state index contributed by atoms with van der Waals surface area (Å²) in [5.41, 5.74) is 6.12. The van der Waals surface area contributed by atoms with Crippen molar-refractivity contribution in [2.75, 3.05) is 5.73 Å². The molecule has 0 spiro atoms. The summed E-state index contributed by atoms with van der Waals surface area (Å²) in [4.78, 5) is 4.10. The molecule has 2 aromatic heterocycles. The first-order chi connectivity index (χ1) is 8.72. The molecule has 3 rings (SSSR count). The molecule has 0 bridgehead atoms. The van der Waals surface area contributed by atoms with Gasteiger partial charge in [-0.2, -0.15) is 4.98 Å². The van der Waals surface area contributed by atoms with Gasteiger partial charge < -0.3 is 10.5 Å². The Labute approximate surface area is 108 Å². The Morgan fingerprint density at radius 3 is 2.94 bits per heavy atom. The van der Waals surface area contributed by atoms with E-state index in [1.165, 1.54) is 0 Å². The lowest BCUT2D eigenvalue weighted by atomic mass is 10.3. The van der Waals surface area contributed by atoms with Gasteiger partial charge in [0.15, 0.2) is 11.4 Å². The van der Waals surface area contributed by atoms with E-state index in [-0.39, 0.29) is 5.95 Å². The van der Waals surface area contributed by atoms with Crippen LogP contribution in [-0.4, -0.2) is 14.6 Å². The van der Waals surface area contributed by atoms with Crippen molar-refractivity contribution < 1.29 is 4.74 Å². The zero-order valence-electron chi connectivity index (χ0n) is 9.25. The number of nitrogen functional groups attached to an aromatic ring is 1. The van der Waals surface area contributed by atoms with E-state index < -0.39 is 0 Å². The molecule has 90 valence electrons. The zero-order valence-corrected chi connectivity index (χ0v) is 10.0. The molecule has 0 radical (unpaired) electrons. The largest absolute Gasteiger partial charge is 0.453 e. The number of hydrogen-bond acceptors (Lipinski definition) is 4. The predicted molar refractivity (Wildman–Crippen MR) is 68.9 cm³/mol. The SMILES string of the molecule is Nc1nc2c(Oc3cccc(Cl)c3)cccn2n1. The molecule has 2 N–H and O–H groups in total. The van der Waals surface area contributed by atoms with Crippen molar-refractivity contribution in [1.29, 1.82) is 0 Å². The van der Waals surface area contributed by atoms with Crippen LogP contribution in [0.2, 0.25) is 5.02 Å². The van der Waals surface area contributed by atoms with Crippen LogP contribution in [-0.2, 0) is 0 Å². The number of rotatable bonds is 2. The second-order valence-electron chi connectivity index (χ2n) is 3.67. The van der Waals surface area contributed by atoms with Crippen LogP contribution in [0.15, 0.2) is 42.6 Å². The number of hydrogen-bond donors (Lipinski definition) is 1. The molecular weight excluding hydrogens is 252 g/mol. The highest BCUT2D eigenvalue weighted by molar-refractivity contribution is 6.30. The fourth-order valence-electron chi connectivity index (χ4n) is 1.64. The first-order valence-corrected chi connectivity index (χ1v) is 5.64. The number of aromatic nitrogens is 3. The number of benzene rings is 1. The van der Waals surface area contributed by atoms with Crippen LogP contribution >= 0.6 is 11.6 Å². The Kier molecular flexibility index (Phi) is 2.53. The lowest BCUT2D eigenvalue weighted by Crippen LogP contribution is -1.91. The maximum atomic E-state index is 5.90. The second-order valence-corrected chi connectivity index (χ2v) is 4.11. The fraction of sp³-hybridized carbons (Fsp3) is 0. The van der Waals surface area contributed by atoms with Crippen LogP contribution in [0.3, 0.4) is 0 Å². The summed E-state index contributed by atoms with van der Waals surface area (Å²) in [5, 5.41) is 4.62. The van der Waals surface area contributed by atoms with Gasteiger partial charge in [-0.1, -0.05) is 17.7 Å². The number of nitrogens with zero attached hydrogens (tertiary/aromatic N) is 3. The van der Waals surface area contributed by atoms with E-state index in [9.17, 15) is 0 Å². The van der Waals surface area contributed by atoms with Crippen molar-refractivity contribution in [2.24, 2.45) is 0 Å². The van der Waals surface area contributed by atoms with E-state index in [4.69, 9.17) is 22.1 Å². The summed E-state index contributed by atoms with van der Waals surface area (Å²) in [6, 6.07) is 10.7. The minimum absolute atomic E-state index is 0.206. The molecule has 18 heavy (non-hydrogen) atoms. The Bertz CT molecular complexity index is 710. The van der Waals surface area contributed by atoms with E-state index in [1.54, 1.807) is 35.0 Å². The molecule has 0 saturated heterocycles. The normalized spacial score (nSPS) is 10.7. The molecule has 3 aromatic rings. The Balaban J connectivity index is 2.04. The molecule has 0 aliphatic rings. The summed E-state index contributed by atoms with van der Waals surface area (Å²) < 4.78 is 7.29. The monoisotopic (exact) mass is 260 g/mol. The lowest BCUT2D eigenvalue weighted by Gasteiger charge is -2.06. The van der Waals surface area contributed by atoms with Gasteiger partial charge in [0.1, 0.15) is 5.75 Å². The Morgan fingerprint density at radius 1 is 1.22 bits per heavy atom. The number of ether oxygens (including phenoxy) is 1. The van der Waals surface area contributed by atoms with Gasteiger partial charge in [0.25, 0.3) is 0 Å². The molecule has 1 aromatic carbocycles. The van der Waals surface area contributed by atoms with E-state index in [0.29, 0.717) is 22.2 Å². The standard InChI is InChI=1S/C12H9ClN4O/c13-8-3-1-4-9(7-8)18-10-5-2-6-17-11(10)15-12(14)16-17/h1-7H,(H2,14,16). The number of pyridine rings is 1. The molecule has 0 aliphatic carbocycles. The van der Waals surface area contributed by atoms with Gasteiger partial charge in [0.2, 0.25) is 5.95 Å². The van der Waals surface area contributed by atoms with E-state index in [2.05, 4.69) is 10.1 Å². The van der Waals surface area contributed by atoms with Crippen LogP contribution in [0.5, 0.6) is 11.5 Å². The quantitative estimate of drug-likeness (QED) is 0.769. The van der Waals surface area contributed by atoms with Crippen molar-refractivity contribution in [2.45, 2.75) is 0 Å². The lowest BCUT2D eigenvalue weighted by molar-refractivity contribution is 0.484. The topological polar surface area (TPSA) is 65.4 Å². The van der Waals surface area contributed by atoms with Crippen LogP contribution in [0.25, 0.3) is 5.65 Å². The van der Waals surface area contributed by atoms with Gasteiger partial charge in [0.05, 0.1) is 0 Å². The highest BCUT2D eigenvalue weighted by Gasteiger charge is 2.07. The van der Waals surface area contributed by atoms with Gasteiger partial charge in [-0.3, -0.25) is 0 Å². The smallest absolute Gasteiger partial charge is 0.240 e. The summed E-state index contributed by atoms with van der Waals surface area (Å²) in [6.07, 6.45) is 1.75. The van der Waals surface area contributed by atoms with E-state index >= 15 is 0 Å².